The van der Waals surface area contributed by atoms with Crippen LogP contribution in [0.4, 0.5) is 0 Å². The van der Waals surface area contributed by atoms with Crippen molar-refractivity contribution in [3.8, 4) is 0 Å². The standard InChI is InChI=1S/C2H4O.3CH4.H3P/c1-2-3-1;;;;/h1-2H2;3*1H4;1H3. The first kappa shape index (κ1) is 26.3. The van der Waals surface area contributed by atoms with E-state index in [0.717, 1.165) is 13.2 Å². The fourth-order valence-electron chi connectivity index (χ4n) is 0. The van der Waals surface area contributed by atoms with Gasteiger partial charge in [0.1, 0.15) is 0 Å². The second kappa shape index (κ2) is 16.2. The van der Waals surface area contributed by atoms with Crippen molar-refractivity contribution >= 4 is 9.90 Å². The molecule has 0 radical (unpaired) electrons. The summed E-state index contributed by atoms with van der Waals surface area (Å²) in [5, 5.41) is 0. The maximum Gasteiger partial charge on any atom is 0.0701 e. The average molecular weight is 126 g/mol. The third-order valence-electron chi connectivity index (χ3n) is 0.204. The first-order valence-corrected chi connectivity index (χ1v) is 1.08. The van der Waals surface area contributed by atoms with Gasteiger partial charge in [-0.2, -0.15) is 9.90 Å². The van der Waals surface area contributed by atoms with Gasteiger partial charge >= 0.3 is 0 Å². The average Bonchev–Trinajstić information content (AvgIpc) is 1.46. The lowest BCUT2D eigenvalue weighted by molar-refractivity contribution is 0.475. The van der Waals surface area contributed by atoms with Gasteiger partial charge in [-0.05, 0) is 0 Å². The van der Waals surface area contributed by atoms with Crippen LogP contribution in [0.25, 0.3) is 0 Å². The molecule has 1 fully saturated rings. The minimum absolute atomic E-state index is 0. The smallest absolute Gasteiger partial charge is 0.0701 e. The minimum atomic E-state index is 0. The normalized spacial score (nSPS) is 10.3. The lowest BCUT2D eigenvalue weighted by atomic mass is 11.0. The molecule has 0 N–H and O–H groups in total. The Hall–Kier alpha value is 0.390. The van der Waals surface area contributed by atoms with Crippen molar-refractivity contribution in [1.29, 1.82) is 0 Å². The van der Waals surface area contributed by atoms with Crippen molar-refractivity contribution in [1.82, 2.24) is 0 Å². The third-order valence-corrected chi connectivity index (χ3v) is 0.204. The number of hydrogen-bond donors (Lipinski definition) is 0. The van der Waals surface area contributed by atoms with Crippen LogP contribution in [-0.4, -0.2) is 13.2 Å². The van der Waals surface area contributed by atoms with Gasteiger partial charge in [-0.1, -0.05) is 22.3 Å². The molecule has 1 unspecified atom stereocenters. The van der Waals surface area contributed by atoms with Gasteiger partial charge in [0.2, 0.25) is 0 Å². The second-order valence-corrected chi connectivity index (χ2v) is 0.612. The van der Waals surface area contributed by atoms with E-state index in [1.165, 1.54) is 0 Å². The van der Waals surface area contributed by atoms with Crippen LogP contribution in [0, 0.1) is 0 Å². The molecule has 1 heterocycles. The zero-order chi connectivity index (χ0) is 2.12. The molecule has 1 aliphatic heterocycles. The molecule has 2 heteroatoms. The molecule has 50 valence electrons. The molecule has 1 saturated heterocycles. The quantitative estimate of drug-likeness (QED) is 0.357. The fourth-order valence-corrected chi connectivity index (χ4v) is 0. The van der Waals surface area contributed by atoms with Crippen LogP contribution >= 0.6 is 9.90 Å². The summed E-state index contributed by atoms with van der Waals surface area (Å²) >= 11 is 0. The Kier molecular flexibility index (Phi) is 60.6. The monoisotopic (exact) mass is 126 g/mol. The first-order valence-electron chi connectivity index (χ1n) is 1.08. The Balaban J connectivity index is -0.0000000112. The van der Waals surface area contributed by atoms with Gasteiger partial charge < -0.3 is 4.74 Å². The van der Waals surface area contributed by atoms with Crippen molar-refractivity contribution in [3.63, 3.8) is 0 Å². The van der Waals surface area contributed by atoms with Crippen LogP contribution in [0.2, 0.25) is 0 Å². The van der Waals surface area contributed by atoms with Gasteiger partial charge in [0.05, 0.1) is 13.2 Å². The molecular weight excluding hydrogens is 107 g/mol. The zero-order valence-electron chi connectivity index (χ0n) is 2.53. The Morgan fingerprint density at radius 2 is 1.00 bits per heavy atom. The van der Waals surface area contributed by atoms with Gasteiger partial charge in [-0.25, -0.2) is 0 Å². The molecule has 0 aliphatic carbocycles. The zero-order valence-corrected chi connectivity index (χ0v) is 3.94. The number of hydrogen-bond acceptors (Lipinski definition) is 1. The molecule has 0 aromatic rings. The van der Waals surface area contributed by atoms with E-state index in [0.29, 0.717) is 0 Å². The molecule has 1 rings (SSSR count). The van der Waals surface area contributed by atoms with Crippen molar-refractivity contribution in [3.05, 3.63) is 0 Å². The molecule has 0 aromatic heterocycles. The van der Waals surface area contributed by atoms with E-state index in [4.69, 9.17) is 0 Å². The number of rotatable bonds is 0. The van der Waals surface area contributed by atoms with Gasteiger partial charge in [0, 0.05) is 0 Å². The van der Waals surface area contributed by atoms with E-state index in [-0.39, 0.29) is 32.2 Å². The Morgan fingerprint density at radius 1 is 0.857 bits per heavy atom. The number of ether oxygens (including phenoxy) is 1. The molecule has 1 nitrogen and oxygen atoms in total. The van der Waals surface area contributed by atoms with E-state index in [1.54, 1.807) is 0 Å². The first-order chi connectivity index (χ1) is 1.50. The highest BCUT2D eigenvalue weighted by Gasteiger charge is 1.94. The SMILES string of the molecule is C.C.C.C1CO1.P. The third kappa shape index (κ3) is 63.7. The van der Waals surface area contributed by atoms with Crippen LogP contribution in [0.3, 0.4) is 0 Å². The van der Waals surface area contributed by atoms with Crippen molar-refractivity contribution in [2.24, 2.45) is 0 Å². The largest absolute Gasteiger partial charge is 0.377 e. The van der Waals surface area contributed by atoms with E-state index in [1.807, 2.05) is 0 Å². The summed E-state index contributed by atoms with van der Waals surface area (Å²) in [4.78, 5) is 0. The van der Waals surface area contributed by atoms with Crippen LogP contribution in [0.15, 0.2) is 0 Å². The molecule has 0 bridgehead atoms. The molecule has 7 heavy (non-hydrogen) atoms. The molecule has 0 saturated carbocycles. The van der Waals surface area contributed by atoms with Crippen LogP contribution in [-0.2, 0) is 4.74 Å². The van der Waals surface area contributed by atoms with Crippen LogP contribution < -0.4 is 0 Å². The highest BCUT2D eigenvalue weighted by molar-refractivity contribution is 6.92. The number of epoxide rings is 1. The van der Waals surface area contributed by atoms with Crippen molar-refractivity contribution in [2.75, 3.05) is 13.2 Å². The lowest BCUT2D eigenvalue weighted by Gasteiger charge is -1.24. The molecule has 0 amide bonds. The minimum Gasteiger partial charge on any atom is -0.377 e. The van der Waals surface area contributed by atoms with E-state index in [9.17, 15) is 0 Å². The van der Waals surface area contributed by atoms with Crippen molar-refractivity contribution < 1.29 is 4.74 Å². The maximum atomic E-state index is 4.50. The molecular formula is C5H19OP. The summed E-state index contributed by atoms with van der Waals surface area (Å²) in [5.74, 6) is 0. The Morgan fingerprint density at radius 3 is 1.00 bits per heavy atom. The fraction of sp³-hybridized carbons (Fsp3) is 1.00. The van der Waals surface area contributed by atoms with Gasteiger partial charge in [-0.15, -0.1) is 0 Å². The highest BCUT2D eigenvalue weighted by atomic mass is 31.0. The topological polar surface area (TPSA) is 12.5 Å². The summed E-state index contributed by atoms with van der Waals surface area (Å²) in [6.07, 6.45) is 0. The molecule has 0 spiro atoms. The van der Waals surface area contributed by atoms with E-state index < -0.39 is 0 Å². The summed E-state index contributed by atoms with van der Waals surface area (Å²) in [6.45, 7) is 2.00. The second-order valence-electron chi connectivity index (χ2n) is 0.612. The summed E-state index contributed by atoms with van der Waals surface area (Å²) < 4.78 is 4.50. The van der Waals surface area contributed by atoms with Crippen molar-refractivity contribution in [2.45, 2.75) is 22.3 Å². The van der Waals surface area contributed by atoms with Crippen LogP contribution in [0.1, 0.15) is 22.3 Å². The molecule has 0 aromatic carbocycles. The summed E-state index contributed by atoms with van der Waals surface area (Å²) in [7, 11) is 0. The summed E-state index contributed by atoms with van der Waals surface area (Å²) in [5.41, 5.74) is 0. The Bertz CT molecular complexity index is 12.8. The molecule has 1 atom stereocenters. The summed E-state index contributed by atoms with van der Waals surface area (Å²) in [6, 6.07) is 0. The van der Waals surface area contributed by atoms with Gasteiger partial charge in [0.25, 0.3) is 0 Å². The van der Waals surface area contributed by atoms with E-state index in [2.05, 4.69) is 4.74 Å². The maximum absolute atomic E-state index is 4.50. The highest BCUT2D eigenvalue weighted by Crippen LogP contribution is 1.84. The van der Waals surface area contributed by atoms with E-state index >= 15 is 0 Å². The lowest BCUT2D eigenvalue weighted by Crippen LogP contribution is -1.20. The molecule has 1 aliphatic rings. The van der Waals surface area contributed by atoms with Gasteiger partial charge in [0.15, 0.2) is 0 Å². The van der Waals surface area contributed by atoms with Crippen LogP contribution in [0.5, 0.6) is 0 Å². The predicted molar refractivity (Wildman–Crippen MR) is 42.1 cm³/mol. The Labute approximate surface area is 51.1 Å². The predicted octanol–water partition coefficient (Wildman–Crippen LogP) is 1.98. The van der Waals surface area contributed by atoms with Gasteiger partial charge in [-0.3, -0.25) is 0 Å².